The van der Waals surface area contributed by atoms with Crippen LogP contribution in [0.2, 0.25) is 0 Å². The first-order valence-corrected chi connectivity index (χ1v) is 5.65. The largest absolute Gasteiger partial charge is 0.357 e. The van der Waals surface area contributed by atoms with E-state index in [0.29, 0.717) is 12.6 Å². The quantitative estimate of drug-likeness (QED) is 0.491. The molecule has 0 aliphatic rings. The topological polar surface area (TPSA) is 54.2 Å². The maximum atomic E-state index is 4.49. The van der Waals surface area contributed by atoms with Gasteiger partial charge in [0.05, 0.1) is 12.2 Å². The van der Waals surface area contributed by atoms with Gasteiger partial charge in [-0.25, -0.2) is 4.99 Å². The van der Waals surface area contributed by atoms with Crippen LogP contribution in [-0.2, 0) is 13.6 Å². The molecular formula is C11H22IN5. The second-order valence-electron chi connectivity index (χ2n) is 3.94. The average molecular weight is 351 g/mol. The molecule has 98 valence electrons. The summed E-state index contributed by atoms with van der Waals surface area (Å²) in [4.78, 5) is 4.49. The van der Waals surface area contributed by atoms with Gasteiger partial charge < -0.3 is 10.6 Å². The predicted octanol–water partition coefficient (Wildman–Crippen LogP) is 1.50. The Bertz CT molecular complexity index is 345. The molecule has 17 heavy (non-hydrogen) atoms. The van der Waals surface area contributed by atoms with E-state index in [1.807, 2.05) is 17.8 Å². The standard InChI is InChI=1S/C11H21N5.HI/c1-5-12-11(15-9(2)3)13-8-10-6-7-14-16(10)4;/h6-7,9H,5,8H2,1-4H3,(H2,12,13,15);1H. The zero-order chi connectivity index (χ0) is 12.0. The first-order chi connectivity index (χ1) is 7.63. The number of nitrogens with zero attached hydrogens (tertiary/aromatic N) is 3. The van der Waals surface area contributed by atoms with Gasteiger partial charge in [-0.05, 0) is 26.8 Å². The number of aliphatic imine (C=N–C) groups is 1. The van der Waals surface area contributed by atoms with Crippen molar-refractivity contribution in [1.29, 1.82) is 0 Å². The van der Waals surface area contributed by atoms with Crippen LogP contribution in [-0.4, -0.2) is 28.3 Å². The summed E-state index contributed by atoms with van der Waals surface area (Å²) < 4.78 is 1.84. The van der Waals surface area contributed by atoms with E-state index in [1.54, 1.807) is 6.20 Å². The zero-order valence-electron chi connectivity index (χ0n) is 10.9. The van der Waals surface area contributed by atoms with Crippen LogP contribution >= 0.6 is 24.0 Å². The van der Waals surface area contributed by atoms with Gasteiger partial charge in [-0.2, -0.15) is 5.10 Å². The van der Waals surface area contributed by atoms with Gasteiger partial charge in [0.15, 0.2) is 5.96 Å². The Morgan fingerprint density at radius 1 is 1.53 bits per heavy atom. The number of aromatic nitrogens is 2. The third-order valence-electron chi connectivity index (χ3n) is 2.09. The van der Waals surface area contributed by atoms with Crippen LogP contribution < -0.4 is 10.6 Å². The number of guanidine groups is 1. The van der Waals surface area contributed by atoms with Crippen molar-refractivity contribution in [3.63, 3.8) is 0 Å². The Morgan fingerprint density at radius 2 is 2.24 bits per heavy atom. The van der Waals surface area contributed by atoms with Crippen LogP contribution in [0, 0.1) is 0 Å². The number of rotatable bonds is 4. The SMILES string of the molecule is CCNC(=NCc1ccnn1C)NC(C)C.I. The molecule has 0 atom stereocenters. The summed E-state index contributed by atoms with van der Waals surface area (Å²) in [7, 11) is 1.92. The minimum absolute atomic E-state index is 0. The van der Waals surface area contributed by atoms with E-state index in [2.05, 4.69) is 41.5 Å². The summed E-state index contributed by atoms with van der Waals surface area (Å²) in [6.45, 7) is 7.75. The van der Waals surface area contributed by atoms with Crippen molar-refractivity contribution in [3.05, 3.63) is 18.0 Å². The number of nitrogens with one attached hydrogen (secondary N) is 2. The molecule has 6 heteroatoms. The molecule has 0 fully saturated rings. The molecule has 1 heterocycles. The van der Waals surface area contributed by atoms with Gasteiger partial charge in [-0.1, -0.05) is 0 Å². The lowest BCUT2D eigenvalue weighted by Gasteiger charge is -2.13. The molecule has 0 aliphatic carbocycles. The van der Waals surface area contributed by atoms with Gasteiger partial charge in [0.1, 0.15) is 0 Å². The lowest BCUT2D eigenvalue weighted by Crippen LogP contribution is -2.41. The molecule has 0 aromatic carbocycles. The highest BCUT2D eigenvalue weighted by Crippen LogP contribution is 1.98. The smallest absolute Gasteiger partial charge is 0.191 e. The van der Waals surface area contributed by atoms with Crippen LogP contribution in [0.4, 0.5) is 0 Å². The molecule has 1 aromatic rings. The summed E-state index contributed by atoms with van der Waals surface area (Å²) in [5.41, 5.74) is 1.10. The van der Waals surface area contributed by atoms with Crippen molar-refractivity contribution in [3.8, 4) is 0 Å². The molecule has 0 bridgehead atoms. The minimum atomic E-state index is 0. The number of hydrogen-bond donors (Lipinski definition) is 2. The summed E-state index contributed by atoms with van der Waals surface area (Å²) in [6.07, 6.45) is 1.79. The highest BCUT2D eigenvalue weighted by Gasteiger charge is 2.01. The number of halogens is 1. The second kappa shape index (κ2) is 8.32. The summed E-state index contributed by atoms with van der Waals surface area (Å²) in [5.74, 6) is 0.846. The van der Waals surface area contributed by atoms with Crippen molar-refractivity contribution in [2.75, 3.05) is 6.54 Å². The van der Waals surface area contributed by atoms with Gasteiger partial charge in [-0.3, -0.25) is 4.68 Å². The molecule has 0 saturated heterocycles. The summed E-state index contributed by atoms with van der Waals surface area (Å²) >= 11 is 0. The Balaban J connectivity index is 0.00000256. The maximum absolute atomic E-state index is 4.49. The molecule has 0 spiro atoms. The molecule has 0 aliphatic heterocycles. The molecule has 5 nitrogen and oxygen atoms in total. The fourth-order valence-corrected chi connectivity index (χ4v) is 1.31. The Labute approximate surface area is 120 Å². The van der Waals surface area contributed by atoms with Gasteiger partial charge in [0.2, 0.25) is 0 Å². The van der Waals surface area contributed by atoms with E-state index >= 15 is 0 Å². The molecular weight excluding hydrogens is 329 g/mol. The third-order valence-corrected chi connectivity index (χ3v) is 2.09. The van der Waals surface area contributed by atoms with Crippen molar-refractivity contribution in [2.24, 2.45) is 12.0 Å². The van der Waals surface area contributed by atoms with Gasteiger partial charge in [-0.15, -0.1) is 24.0 Å². The fourth-order valence-electron chi connectivity index (χ4n) is 1.31. The molecule has 1 rings (SSSR count). The Hall–Kier alpha value is -0.790. The van der Waals surface area contributed by atoms with Gasteiger partial charge in [0.25, 0.3) is 0 Å². The normalized spacial score (nSPS) is 11.2. The first kappa shape index (κ1) is 16.2. The zero-order valence-corrected chi connectivity index (χ0v) is 13.2. The molecule has 2 N–H and O–H groups in total. The van der Waals surface area contributed by atoms with Crippen molar-refractivity contribution in [2.45, 2.75) is 33.4 Å². The first-order valence-electron chi connectivity index (χ1n) is 5.65. The van der Waals surface area contributed by atoms with Crippen molar-refractivity contribution >= 4 is 29.9 Å². The third kappa shape index (κ3) is 5.90. The van der Waals surface area contributed by atoms with Crippen molar-refractivity contribution in [1.82, 2.24) is 20.4 Å². The second-order valence-corrected chi connectivity index (χ2v) is 3.94. The van der Waals surface area contributed by atoms with E-state index < -0.39 is 0 Å². The highest BCUT2D eigenvalue weighted by atomic mass is 127. The van der Waals surface area contributed by atoms with Gasteiger partial charge in [0, 0.05) is 25.8 Å². The van der Waals surface area contributed by atoms with Crippen LogP contribution in [0.3, 0.4) is 0 Å². The lowest BCUT2D eigenvalue weighted by atomic mass is 10.4. The van der Waals surface area contributed by atoms with E-state index in [-0.39, 0.29) is 24.0 Å². The minimum Gasteiger partial charge on any atom is -0.357 e. The van der Waals surface area contributed by atoms with E-state index in [4.69, 9.17) is 0 Å². The average Bonchev–Trinajstić information content (AvgIpc) is 2.60. The monoisotopic (exact) mass is 351 g/mol. The summed E-state index contributed by atoms with van der Waals surface area (Å²) in [5, 5.41) is 10.6. The summed E-state index contributed by atoms with van der Waals surface area (Å²) in [6, 6.07) is 2.35. The molecule has 0 unspecified atom stereocenters. The molecule has 0 radical (unpaired) electrons. The number of aryl methyl sites for hydroxylation is 1. The predicted molar refractivity (Wildman–Crippen MR) is 81.7 cm³/mol. The Morgan fingerprint density at radius 3 is 2.71 bits per heavy atom. The van der Waals surface area contributed by atoms with Crippen LogP contribution in [0.25, 0.3) is 0 Å². The number of hydrogen-bond acceptors (Lipinski definition) is 2. The lowest BCUT2D eigenvalue weighted by molar-refractivity contribution is 0.686. The van der Waals surface area contributed by atoms with Gasteiger partial charge >= 0.3 is 0 Å². The Kier molecular flexibility index (Phi) is 7.94. The van der Waals surface area contributed by atoms with Crippen LogP contribution in [0.1, 0.15) is 26.5 Å². The van der Waals surface area contributed by atoms with E-state index in [1.165, 1.54) is 0 Å². The van der Waals surface area contributed by atoms with Crippen LogP contribution in [0.5, 0.6) is 0 Å². The molecule has 0 saturated carbocycles. The van der Waals surface area contributed by atoms with Crippen molar-refractivity contribution < 1.29 is 0 Å². The van der Waals surface area contributed by atoms with E-state index in [0.717, 1.165) is 18.2 Å². The highest BCUT2D eigenvalue weighted by molar-refractivity contribution is 14.0. The molecule has 0 amide bonds. The maximum Gasteiger partial charge on any atom is 0.191 e. The van der Waals surface area contributed by atoms with E-state index in [9.17, 15) is 0 Å². The molecule has 1 aromatic heterocycles. The fraction of sp³-hybridized carbons (Fsp3) is 0.636. The van der Waals surface area contributed by atoms with Crippen LogP contribution in [0.15, 0.2) is 17.3 Å².